The van der Waals surface area contributed by atoms with E-state index in [4.69, 9.17) is 15.9 Å². The van der Waals surface area contributed by atoms with Gasteiger partial charge < -0.3 is 14.4 Å². The zero-order valence-corrected chi connectivity index (χ0v) is 12.6. The summed E-state index contributed by atoms with van der Waals surface area (Å²) in [7, 11) is 0. The molecule has 0 unspecified atom stereocenters. The average molecular weight is 285 g/mol. The summed E-state index contributed by atoms with van der Waals surface area (Å²) >= 11 is 0. The Labute approximate surface area is 125 Å². The van der Waals surface area contributed by atoms with Gasteiger partial charge >= 0.3 is 0 Å². The Morgan fingerprint density at radius 1 is 1.33 bits per heavy atom. The van der Waals surface area contributed by atoms with Gasteiger partial charge in [0.05, 0.1) is 13.1 Å². The third-order valence-corrected chi connectivity index (χ3v) is 4.00. The van der Waals surface area contributed by atoms with Crippen molar-refractivity contribution in [3.05, 3.63) is 34.9 Å². The van der Waals surface area contributed by atoms with Crippen molar-refractivity contribution in [2.75, 3.05) is 13.1 Å². The van der Waals surface area contributed by atoms with E-state index in [1.54, 1.807) is 11.0 Å². The topological polar surface area (TPSA) is 38.8 Å². The molecule has 0 saturated carbocycles. The normalized spacial score (nSPS) is 26.5. The monoisotopic (exact) mass is 285 g/mol. The van der Waals surface area contributed by atoms with Crippen molar-refractivity contribution < 1.29 is 14.3 Å². The summed E-state index contributed by atoms with van der Waals surface area (Å²) in [5.74, 6) is 2.06. The molecule has 0 N–H and O–H groups in total. The highest BCUT2D eigenvalue weighted by molar-refractivity contribution is 5.94. The van der Waals surface area contributed by atoms with E-state index in [9.17, 15) is 4.79 Å². The summed E-state index contributed by atoms with van der Waals surface area (Å²) in [6, 6.07) is 5.44. The van der Waals surface area contributed by atoms with E-state index >= 15 is 0 Å². The highest BCUT2D eigenvalue weighted by atomic mass is 16.8. The number of likely N-dealkylation sites (tertiary alicyclic amines) is 1. The summed E-state index contributed by atoms with van der Waals surface area (Å²) in [6.45, 7) is 6.87. The summed E-state index contributed by atoms with van der Waals surface area (Å²) in [5, 5.41) is 0. The van der Waals surface area contributed by atoms with Crippen LogP contribution in [0, 0.1) is 19.3 Å². The zero-order valence-electron chi connectivity index (χ0n) is 12.6. The minimum Gasteiger partial charge on any atom is -0.343 e. The van der Waals surface area contributed by atoms with Crippen LogP contribution in [0.3, 0.4) is 0 Å². The molecule has 2 aliphatic heterocycles. The van der Waals surface area contributed by atoms with Gasteiger partial charge in [0.1, 0.15) is 12.2 Å². The van der Waals surface area contributed by atoms with Crippen LogP contribution in [-0.2, 0) is 9.47 Å². The first-order valence-electron chi connectivity index (χ1n) is 7.12. The molecular formula is C17H19NO3. The molecule has 21 heavy (non-hydrogen) atoms. The van der Waals surface area contributed by atoms with Crippen molar-refractivity contribution in [3.8, 4) is 12.3 Å². The molecule has 110 valence electrons. The fourth-order valence-electron chi connectivity index (χ4n) is 3.03. The van der Waals surface area contributed by atoms with E-state index in [-0.39, 0.29) is 18.1 Å². The van der Waals surface area contributed by atoms with Crippen LogP contribution in [0.2, 0.25) is 0 Å². The lowest BCUT2D eigenvalue weighted by atomic mass is 10.0. The molecule has 0 radical (unpaired) electrons. The molecule has 1 aromatic carbocycles. The van der Waals surface area contributed by atoms with Crippen molar-refractivity contribution in [2.24, 2.45) is 0 Å². The number of carbonyl (C=O) groups is 1. The number of fused-ring (bicyclic) bond motifs is 1. The number of benzene rings is 1. The second-order valence-corrected chi connectivity index (χ2v) is 6.10. The third-order valence-electron chi connectivity index (χ3n) is 4.00. The minimum absolute atomic E-state index is 0.000998. The predicted octanol–water partition coefficient (Wildman–Crippen LogP) is 1.95. The van der Waals surface area contributed by atoms with Gasteiger partial charge in [-0.15, -0.1) is 6.42 Å². The van der Waals surface area contributed by atoms with Crippen LogP contribution < -0.4 is 0 Å². The van der Waals surface area contributed by atoms with E-state index in [0.717, 1.165) is 11.1 Å². The molecule has 4 nitrogen and oxygen atoms in total. The maximum Gasteiger partial charge on any atom is 0.254 e. The Morgan fingerprint density at radius 3 is 2.48 bits per heavy atom. The number of amides is 1. The van der Waals surface area contributed by atoms with Crippen molar-refractivity contribution in [1.82, 2.24) is 4.90 Å². The van der Waals surface area contributed by atoms with Crippen molar-refractivity contribution in [1.29, 1.82) is 0 Å². The van der Waals surface area contributed by atoms with E-state index in [1.807, 2.05) is 32.9 Å². The summed E-state index contributed by atoms with van der Waals surface area (Å²) in [5.41, 5.74) is 2.42. The van der Waals surface area contributed by atoms with Crippen LogP contribution in [0.25, 0.3) is 0 Å². The first-order chi connectivity index (χ1) is 9.89. The molecule has 1 aromatic rings. The van der Waals surface area contributed by atoms with E-state index in [1.165, 1.54) is 0 Å². The number of carbonyl (C=O) groups excluding carboxylic acids is 1. The maximum absolute atomic E-state index is 12.6. The fraction of sp³-hybridized carbons (Fsp3) is 0.471. The van der Waals surface area contributed by atoms with Gasteiger partial charge in [-0.2, -0.15) is 0 Å². The van der Waals surface area contributed by atoms with Crippen molar-refractivity contribution >= 4 is 5.91 Å². The Hall–Kier alpha value is -1.83. The smallest absolute Gasteiger partial charge is 0.254 e. The molecule has 2 heterocycles. The Kier molecular flexibility index (Phi) is 3.27. The van der Waals surface area contributed by atoms with Crippen molar-refractivity contribution in [2.45, 2.75) is 38.8 Å². The molecule has 2 aliphatic rings. The lowest BCUT2D eigenvalue weighted by Crippen LogP contribution is -2.34. The molecule has 0 aromatic heterocycles. The van der Waals surface area contributed by atoms with E-state index in [2.05, 4.69) is 5.92 Å². The third kappa shape index (κ3) is 2.55. The van der Waals surface area contributed by atoms with Gasteiger partial charge in [0.25, 0.3) is 5.91 Å². The largest absolute Gasteiger partial charge is 0.343 e. The second kappa shape index (κ2) is 4.87. The van der Waals surface area contributed by atoms with Crippen LogP contribution in [0.4, 0.5) is 0 Å². The van der Waals surface area contributed by atoms with Gasteiger partial charge in [0, 0.05) is 11.1 Å². The quantitative estimate of drug-likeness (QED) is 0.740. The number of ether oxygens (including phenoxy) is 2. The van der Waals surface area contributed by atoms with Crippen LogP contribution in [0.1, 0.15) is 35.3 Å². The Balaban J connectivity index is 1.74. The molecule has 0 bridgehead atoms. The number of nitrogens with zero attached hydrogens (tertiary/aromatic N) is 1. The van der Waals surface area contributed by atoms with Gasteiger partial charge in [-0.25, -0.2) is 0 Å². The molecule has 0 aliphatic carbocycles. The molecule has 2 fully saturated rings. The fourth-order valence-corrected chi connectivity index (χ4v) is 3.03. The Bertz CT molecular complexity index is 613. The highest BCUT2D eigenvalue weighted by Gasteiger charge is 2.47. The van der Waals surface area contributed by atoms with Crippen LogP contribution in [-0.4, -0.2) is 41.9 Å². The van der Waals surface area contributed by atoms with Gasteiger partial charge in [-0.05, 0) is 44.5 Å². The number of terminal acetylenes is 1. The SMILES string of the molecule is C#Cc1ccc(C(=O)N2C[C@@H]3OC(C)(C)O[C@@H]3C2)cc1C. The molecule has 0 spiro atoms. The van der Waals surface area contributed by atoms with Crippen LogP contribution in [0.15, 0.2) is 18.2 Å². The van der Waals surface area contributed by atoms with Gasteiger partial charge in [0.2, 0.25) is 0 Å². The molecule has 4 heteroatoms. The van der Waals surface area contributed by atoms with Gasteiger partial charge in [0.15, 0.2) is 5.79 Å². The molecule has 2 saturated heterocycles. The lowest BCUT2D eigenvalue weighted by molar-refractivity contribution is -0.153. The van der Waals surface area contributed by atoms with E-state index < -0.39 is 5.79 Å². The lowest BCUT2D eigenvalue weighted by Gasteiger charge is -2.23. The van der Waals surface area contributed by atoms with Gasteiger partial charge in [-0.3, -0.25) is 4.79 Å². The first-order valence-corrected chi connectivity index (χ1v) is 7.12. The standard InChI is InChI=1S/C17H19NO3/c1-5-12-6-7-13(8-11(12)2)16(19)18-9-14-15(10-18)21-17(3,4)20-14/h1,6-8,14-15H,9-10H2,2-4H3/t14-,15+. The van der Waals surface area contributed by atoms with Crippen LogP contribution >= 0.6 is 0 Å². The highest BCUT2D eigenvalue weighted by Crippen LogP contribution is 2.33. The zero-order chi connectivity index (χ0) is 15.2. The van der Waals surface area contributed by atoms with Crippen LogP contribution in [0.5, 0.6) is 0 Å². The minimum atomic E-state index is -0.546. The summed E-state index contributed by atoms with van der Waals surface area (Å²) in [6.07, 6.45) is 5.34. The average Bonchev–Trinajstić information content (AvgIpc) is 2.91. The van der Waals surface area contributed by atoms with Crippen molar-refractivity contribution in [3.63, 3.8) is 0 Å². The molecule has 2 atom stereocenters. The number of hydrogen-bond acceptors (Lipinski definition) is 3. The molecular weight excluding hydrogens is 266 g/mol. The molecule has 1 amide bonds. The number of rotatable bonds is 1. The van der Waals surface area contributed by atoms with Gasteiger partial charge in [-0.1, -0.05) is 5.92 Å². The molecule has 3 rings (SSSR count). The predicted molar refractivity (Wildman–Crippen MR) is 78.8 cm³/mol. The maximum atomic E-state index is 12.6. The number of aryl methyl sites for hydroxylation is 1. The first kappa shape index (κ1) is 14.1. The summed E-state index contributed by atoms with van der Waals surface area (Å²) < 4.78 is 11.6. The van der Waals surface area contributed by atoms with E-state index in [0.29, 0.717) is 18.7 Å². The summed E-state index contributed by atoms with van der Waals surface area (Å²) in [4.78, 5) is 14.3. The Morgan fingerprint density at radius 2 is 1.95 bits per heavy atom. The second-order valence-electron chi connectivity index (χ2n) is 6.10. The number of hydrogen-bond donors (Lipinski definition) is 0.